The summed E-state index contributed by atoms with van der Waals surface area (Å²) in [6, 6.07) is 10.1. The molecular formula is C11H15BrO2. The Hall–Kier alpha value is -0.380. The number of hydrogen-bond donors (Lipinski definition) is 0. The van der Waals surface area contributed by atoms with Crippen molar-refractivity contribution in [3.05, 3.63) is 35.9 Å². The van der Waals surface area contributed by atoms with E-state index in [2.05, 4.69) is 15.9 Å². The number of alkyl halides is 1. The van der Waals surface area contributed by atoms with E-state index in [4.69, 9.17) is 9.47 Å². The summed E-state index contributed by atoms with van der Waals surface area (Å²) < 4.78 is 10.7. The van der Waals surface area contributed by atoms with E-state index in [0.717, 1.165) is 0 Å². The topological polar surface area (TPSA) is 18.5 Å². The molecule has 0 saturated carbocycles. The van der Waals surface area contributed by atoms with E-state index in [1.165, 1.54) is 5.56 Å². The fourth-order valence-electron chi connectivity index (χ4n) is 1.03. The molecule has 0 N–H and O–H groups in total. The maximum absolute atomic E-state index is 5.42. The Morgan fingerprint density at radius 2 is 1.93 bits per heavy atom. The smallest absolute Gasteiger partial charge is 0.109 e. The van der Waals surface area contributed by atoms with Gasteiger partial charge in [-0.25, -0.2) is 0 Å². The predicted molar refractivity (Wildman–Crippen MR) is 60.4 cm³/mol. The van der Waals surface area contributed by atoms with Gasteiger partial charge in [0.15, 0.2) is 0 Å². The van der Waals surface area contributed by atoms with Crippen LogP contribution in [0.4, 0.5) is 0 Å². The van der Waals surface area contributed by atoms with Gasteiger partial charge in [0.05, 0.1) is 19.8 Å². The Balaban J connectivity index is 2.05. The van der Waals surface area contributed by atoms with Crippen LogP contribution >= 0.6 is 15.9 Å². The lowest BCUT2D eigenvalue weighted by Gasteiger charge is -2.06. The normalized spacial score (nSPS) is 12.7. The molecule has 0 radical (unpaired) electrons. The fourth-order valence-corrected chi connectivity index (χ4v) is 1.22. The summed E-state index contributed by atoms with van der Waals surface area (Å²) in [6.45, 7) is 3.85. The molecule has 0 saturated heterocycles. The van der Waals surface area contributed by atoms with Crippen LogP contribution in [0.3, 0.4) is 0 Å². The lowest BCUT2D eigenvalue weighted by Crippen LogP contribution is -2.07. The summed E-state index contributed by atoms with van der Waals surface area (Å²) in [5.41, 5.74) is 1.19. The minimum Gasteiger partial charge on any atom is -0.374 e. The molecule has 2 nitrogen and oxygen atoms in total. The third-order valence-corrected chi connectivity index (χ3v) is 1.95. The van der Waals surface area contributed by atoms with Gasteiger partial charge in [0, 0.05) is 0 Å². The van der Waals surface area contributed by atoms with Crippen molar-refractivity contribution >= 4 is 15.9 Å². The third kappa shape index (κ3) is 5.37. The van der Waals surface area contributed by atoms with E-state index in [1.54, 1.807) is 0 Å². The average molecular weight is 259 g/mol. The second-order valence-electron chi connectivity index (χ2n) is 2.95. The molecule has 1 unspecified atom stereocenters. The van der Waals surface area contributed by atoms with Crippen molar-refractivity contribution < 1.29 is 9.47 Å². The molecule has 0 aliphatic carbocycles. The van der Waals surface area contributed by atoms with Crippen molar-refractivity contribution in [1.29, 1.82) is 0 Å². The lowest BCUT2D eigenvalue weighted by molar-refractivity contribution is 0.0375. The molecule has 1 atom stereocenters. The first kappa shape index (κ1) is 11.7. The Morgan fingerprint density at radius 3 is 2.57 bits per heavy atom. The van der Waals surface area contributed by atoms with Gasteiger partial charge in [-0.05, 0) is 12.5 Å². The van der Waals surface area contributed by atoms with E-state index in [9.17, 15) is 0 Å². The zero-order valence-corrected chi connectivity index (χ0v) is 9.87. The van der Waals surface area contributed by atoms with Crippen LogP contribution in [0.15, 0.2) is 30.3 Å². The van der Waals surface area contributed by atoms with Gasteiger partial charge in [-0.2, -0.15) is 0 Å². The second kappa shape index (κ2) is 6.98. The molecule has 0 aromatic heterocycles. The Morgan fingerprint density at radius 1 is 1.21 bits per heavy atom. The summed E-state index contributed by atoms with van der Waals surface area (Å²) >= 11 is 3.29. The van der Waals surface area contributed by atoms with Gasteiger partial charge in [-0.1, -0.05) is 46.3 Å². The lowest BCUT2D eigenvalue weighted by atomic mass is 10.2. The maximum atomic E-state index is 5.42. The van der Waals surface area contributed by atoms with Crippen molar-refractivity contribution in [2.75, 3.05) is 13.2 Å². The predicted octanol–water partition coefficient (Wildman–Crippen LogP) is 2.96. The number of halogens is 1. The van der Waals surface area contributed by atoms with Crippen molar-refractivity contribution in [3.8, 4) is 0 Å². The first-order valence-electron chi connectivity index (χ1n) is 4.66. The molecular weight excluding hydrogens is 244 g/mol. The largest absolute Gasteiger partial charge is 0.374 e. The van der Waals surface area contributed by atoms with Crippen LogP contribution in [0, 0.1) is 0 Å². The highest BCUT2D eigenvalue weighted by Crippen LogP contribution is 2.01. The van der Waals surface area contributed by atoms with E-state index in [1.807, 2.05) is 37.3 Å². The minimum absolute atomic E-state index is 0.0998. The molecule has 0 spiro atoms. The second-order valence-corrected chi connectivity index (χ2v) is 4.24. The Kier molecular flexibility index (Phi) is 5.83. The van der Waals surface area contributed by atoms with Gasteiger partial charge < -0.3 is 9.47 Å². The van der Waals surface area contributed by atoms with Gasteiger partial charge in [0.2, 0.25) is 0 Å². The monoisotopic (exact) mass is 258 g/mol. The molecule has 0 amide bonds. The van der Waals surface area contributed by atoms with Gasteiger partial charge in [-0.3, -0.25) is 0 Å². The minimum atomic E-state index is 0.0998. The molecule has 78 valence electrons. The van der Waals surface area contributed by atoms with Gasteiger partial charge >= 0.3 is 0 Å². The number of rotatable bonds is 6. The molecule has 0 aliphatic heterocycles. The maximum Gasteiger partial charge on any atom is 0.109 e. The highest BCUT2D eigenvalue weighted by atomic mass is 79.9. The summed E-state index contributed by atoms with van der Waals surface area (Å²) in [5.74, 6) is 0. The molecule has 0 fully saturated rings. The summed E-state index contributed by atoms with van der Waals surface area (Å²) in [4.78, 5) is 0. The van der Waals surface area contributed by atoms with Crippen LogP contribution in [0.1, 0.15) is 12.5 Å². The molecule has 14 heavy (non-hydrogen) atoms. The zero-order chi connectivity index (χ0) is 10.2. The molecule has 3 heteroatoms. The van der Waals surface area contributed by atoms with E-state index >= 15 is 0 Å². The highest BCUT2D eigenvalue weighted by molar-refractivity contribution is 9.09. The number of hydrogen-bond acceptors (Lipinski definition) is 2. The van der Waals surface area contributed by atoms with Crippen molar-refractivity contribution in [1.82, 2.24) is 0 Å². The molecule has 0 bridgehead atoms. The van der Waals surface area contributed by atoms with Gasteiger partial charge in [-0.15, -0.1) is 0 Å². The van der Waals surface area contributed by atoms with Crippen LogP contribution in [0.25, 0.3) is 0 Å². The van der Waals surface area contributed by atoms with Crippen molar-refractivity contribution in [3.63, 3.8) is 0 Å². The van der Waals surface area contributed by atoms with E-state index < -0.39 is 0 Å². The van der Waals surface area contributed by atoms with Crippen LogP contribution < -0.4 is 0 Å². The van der Waals surface area contributed by atoms with E-state index in [0.29, 0.717) is 19.8 Å². The van der Waals surface area contributed by atoms with Crippen LogP contribution in [0.5, 0.6) is 0 Å². The number of benzene rings is 1. The molecule has 0 aliphatic rings. The quantitative estimate of drug-likeness (QED) is 0.577. The number of ether oxygens (including phenoxy) is 2. The summed E-state index contributed by atoms with van der Waals surface area (Å²) in [6.07, 6.45) is 0. The van der Waals surface area contributed by atoms with Gasteiger partial charge in [0.25, 0.3) is 0 Å². The zero-order valence-electron chi connectivity index (χ0n) is 8.28. The molecule has 1 aromatic rings. The highest BCUT2D eigenvalue weighted by Gasteiger charge is 1.95. The fraction of sp³-hybridized carbons (Fsp3) is 0.455. The summed E-state index contributed by atoms with van der Waals surface area (Å²) in [7, 11) is 0. The van der Waals surface area contributed by atoms with Gasteiger partial charge in [0.1, 0.15) is 5.01 Å². The Bertz CT molecular complexity index is 236. The molecule has 1 rings (SSSR count). The summed E-state index contributed by atoms with van der Waals surface area (Å²) in [5, 5.41) is 0.0998. The molecule has 0 heterocycles. The van der Waals surface area contributed by atoms with Crippen molar-refractivity contribution in [2.24, 2.45) is 0 Å². The SMILES string of the molecule is CC(Br)OCCOCc1ccccc1. The third-order valence-electron chi connectivity index (χ3n) is 1.69. The van der Waals surface area contributed by atoms with Crippen LogP contribution in [-0.4, -0.2) is 18.2 Å². The van der Waals surface area contributed by atoms with E-state index in [-0.39, 0.29) is 5.01 Å². The average Bonchev–Trinajstić information content (AvgIpc) is 2.18. The van der Waals surface area contributed by atoms with Crippen LogP contribution in [0.2, 0.25) is 0 Å². The van der Waals surface area contributed by atoms with Crippen molar-refractivity contribution in [2.45, 2.75) is 18.5 Å². The first-order valence-corrected chi connectivity index (χ1v) is 5.58. The molecule has 1 aromatic carbocycles. The Labute approximate surface area is 93.4 Å². The first-order chi connectivity index (χ1) is 6.79. The standard InChI is InChI=1S/C11H15BrO2/c1-10(12)14-8-7-13-9-11-5-3-2-4-6-11/h2-6,10H,7-9H2,1H3. The van der Waals surface area contributed by atoms with Crippen LogP contribution in [-0.2, 0) is 16.1 Å².